The molecular weight excluding hydrogens is 431 g/mol. The predicted molar refractivity (Wildman–Crippen MR) is 104 cm³/mol. The van der Waals surface area contributed by atoms with Crippen molar-refractivity contribution in [2.24, 2.45) is 0 Å². The van der Waals surface area contributed by atoms with Gasteiger partial charge in [0.05, 0.1) is 34.5 Å². The molecule has 154 valence electrons. The predicted octanol–water partition coefficient (Wildman–Crippen LogP) is 4.40. The maximum Gasteiger partial charge on any atom is 0.418 e. The Morgan fingerprint density at radius 1 is 1.34 bits per heavy atom. The van der Waals surface area contributed by atoms with Gasteiger partial charge in [-0.3, -0.25) is 10.1 Å². The number of rotatable bonds is 6. The van der Waals surface area contributed by atoms with E-state index in [4.69, 9.17) is 21.5 Å². The number of nitrogens with zero attached hydrogens (tertiary/aromatic N) is 1. The van der Waals surface area contributed by atoms with Crippen LogP contribution in [0, 0.1) is 6.92 Å². The topological polar surface area (TPSA) is 83.5 Å². The van der Waals surface area contributed by atoms with Crippen molar-refractivity contribution < 1.29 is 27.9 Å². The third-order valence-electron chi connectivity index (χ3n) is 3.82. The molecule has 1 amide bonds. The van der Waals surface area contributed by atoms with Crippen LogP contribution < -0.4 is 15.6 Å². The summed E-state index contributed by atoms with van der Waals surface area (Å²) in [7, 11) is 0. The Hall–Kier alpha value is -2.40. The highest BCUT2D eigenvalue weighted by Gasteiger charge is 2.34. The molecule has 0 saturated heterocycles. The first-order valence-electron chi connectivity index (χ1n) is 8.29. The minimum absolute atomic E-state index is 0.00796. The van der Waals surface area contributed by atoms with Crippen LogP contribution in [0.5, 0.6) is 5.75 Å². The number of carbonyl (C=O) groups is 1. The summed E-state index contributed by atoms with van der Waals surface area (Å²) < 4.78 is 39.8. The molecule has 1 heterocycles. The molecular formula is C18H15ClF3N3O3S. The van der Waals surface area contributed by atoms with Crippen LogP contribution in [0.3, 0.4) is 0 Å². The minimum Gasteiger partial charge on any atom is -0.408 e. The first kappa shape index (κ1) is 21.3. The summed E-state index contributed by atoms with van der Waals surface area (Å²) in [5, 5.41) is 11.6. The summed E-state index contributed by atoms with van der Waals surface area (Å²) in [5.41, 5.74) is 2.02. The van der Waals surface area contributed by atoms with Crippen molar-refractivity contribution in [1.29, 1.82) is 0 Å². The number of aromatic nitrogens is 1. The number of nitrogens with one attached hydrogen (secondary N) is 2. The molecule has 1 aromatic heterocycles. The molecule has 11 heteroatoms. The summed E-state index contributed by atoms with van der Waals surface area (Å²) in [6.45, 7) is 1.62. The van der Waals surface area contributed by atoms with Gasteiger partial charge in [-0.05, 0) is 36.8 Å². The van der Waals surface area contributed by atoms with Gasteiger partial charge in [0.25, 0.3) is 5.91 Å². The van der Waals surface area contributed by atoms with E-state index >= 15 is 0 Å². The van der Waals surface area contributed by atoms with E-state index in [0.29, 0.717) is 10.3 Å². The highest BCUT2D eigenvalue weighted by atomic mass is 35.5. The number of alkyl halides is 3. The zero-order chi connectivity index (χ0) is 21.2. The van der Waals surface area contributed by atoms with Gasteiger partial charge >= 0.3 is 6.18 Å². The van der Waals surface area contributed by atoms with Gasteiger partial charge in [-0.25, -0.2) is 4.98 Å². The van der Waals surface area contributed by atoms with Crippen LogP contribution in [0.1, 0.15) is 21.5 Å². The van der Waals surface area contributed by atoms with E-state index in [-0.39, 0.29) is 40.1 Å². The third-order valence-corrected chi connectivity index (χ3v) is 4.97. The number of hydrogen-bond donors (Lipinski definition) is 3. The number of amides is 1. The number of para-hydroxylation sites is 1. The molecule has 0 aliphatic carbocycles. The lowest BCUT2D eigenvalue weighted by Crippen LogP contribution is -2.24. The number of thiazole rings is 1. The van der Waals surface area contributed by atoms with E-state index in [1.165, 1.54) is 18.2 Å². The van der Waals surface area contributed by atoms with Gasteiger partial charge < -0.3 is 9.94 Å². The Kier molecular flexibility index (Phi) is 6.27. The van der Waals surface area contributed by atoms with Crippen LogP contribution in [0.4, 0.5) is 18.3 Å². The van der Waals surface area contributed by atoms with Crippen LogP contribution in [-0.2, 0) is 6.18 Å². The number of aliphatic hydroxyl groups excluding tert-OH is 1. The summed E-state index contributed by atoms with van der Waals surface area (Å²) in [6.07, 6.45) is -4.56. The van der Waals surface area contributed by atoms with Gasteiger partial charge in [-0.1, -0.05) is 29.0 Å². The zero-order valence-corrected chi connectivity index (χ0v) is 16.5. The smallest absolute Gasteiger partial charge is 0.408 e. The number of hydrogen-bond acceptors (Lipinski definition) is 6. The number of fused-ring (bicyclic) bond motifs is 1. The first-order valence-corrected chi connectivity index (χ1v) is 9.49. The van der Waals surface area contributed by atoms with Crippen molar-refractivity contribution in [3.8, 4) is 5.75 Å². The van der Waals surface area contributed by atoms with Crippen LogP contribution in [-0.4, -0.2) is 29.1 Å². The third kappa shape index (κ3) is 4.78. The van der Waals surface area contributed by atoms with Crippen molar-refractivity contribution in [3.05, 3.63) is 52.0 Å². The van der Waals surface area contributed by atoms with Gasteiger partial charge in [-0.2, -0.15) is 18.7 Å². The molecule has 3 rings (SSSR count). The second kappa shape index (κ2) is 8.54. The van der Waals surface area contributed by atoms with Crippen molar-refractivity contribution in [2.75, 3.05) is 18.5 Å². The molecule has 3 N–H and O–H groups in total. The zero-order valence-electron chi connectivity index (χ0n) is 14.9. The molecule has 3 aromatic rings. The summed E-state index contributed by atoms with van der Waals surface area (Å²) in [6, 6.07) is 6.67. The van der Waals surface area contributed by atoms with Gasteiger partial charge in [0.15, 0.2) is 10.9 Å². The van der Waals surface area contributed by atoms with Gasteiger partial charge in [-0.15, -0.1) is 0 Å². The molecule has 2 aromatic carbocycles. The molecule has 6 nitrogen and oxygen atoms in total. The molecule has 0 unspecified atom stereocenters. The fraction of sp³-hybridized carbons (Fsp3) is 0.222. The Balaban J connectivity index is 1.93. The normalized spacial score (nSPS) is 11.7. The fourth-order valence-electron chi connectivity index (χ4n) is 2.60. The molecule has 0 saturated carbocycles. The van der Waals surface area contributed by atoms with Gasteiger partial charge in [0, 0.05) is 5.02 Å². The Morgan fingerprint density at radius 3 is 2.79 bits per heavy atom. The average Bonchev–Trinajstić information content (AvgIpc) is 3.04. The van der Waals surface area contributed by atoms with Crippen LogP contribution >= 0.6 is 22.9 Å². The lowest BCUT2D eigenvalue weighted by molar-refractivity contribution is -0.136. The number of hydroxylamine groups is 1. The largest absolute Gasteiger partial charge is 0.418 e. The Labute approximate surface area is 172 Å². The number of aliphatic hydroxyl groups is 1. The number of carbonyl (C=O) groups excluding carboxylic acids is 1. The SMILES string of the molecule is Cc1cc(Cl)cc(C(=O)Nc2nc3c(C(F)(F)F)cccc3s2)c1ONCCO. The van der Waals surface area contributed by atoms with Gasteiger partial charge in [0.1, 0.15) is 0 Å². The Bertz CT molecular complexity index is 1060. The maximum absolute atomic E-state index is 13.2. The van der Waals surface area contributed by atoms with E-state index in [0.717, 1.165) is 17.4 Å². The Morgan fingerprint density at radius 2 is 2.10 bits per heavy atom. The van der Waals surface area contributed by atoms with E-state index < -0.39 is 17.6 Å². The molecule has 0 bridgehead atoms. The molecule has 29 heavy (non-hydrogen) atoms. The summed E-state index contributed by atoms with van der Waals surface area (Å²) in [5.74, 6) is -0.471. The molecule has 0 fully saturated rings. The molecule has 0 aliphatic heterocycles. The average molecular weight is 446 g/mol. The summed E-state index contributed by atoms with van der Waals surface area (Å²) >= 11 is 6.95. The number of halogens is 4. The lowest BCUT2D eigenvalue weighted by Gasteiger charge is -2.14. The van der Waals surface area contributed by atoms with E-state index in [1.54, 1.807) is 13.0 Å². The van der Waals surface area contributed by atoms with E-state index in [1.807, 2.05) is 0 Å². The van der Waals surface area contributed by atoms with E-state index in [9.17, 15) is 18.0 Å². The number of anilines is 1. The molecule has 0 radical (unpaired) electrons. The van der Waals surface area contributed by atoms with Crippen molar-refractivity contribution in [1.82, 2.24) is 10.5 Å². The van der Waals surface area contributed by atoms with Crippen molar-refractivity contribution in [3.63, 3.8) is 0 Å². The highest BCUT2D eigenvalue weighted by Crippen LogP contribution is 2.38. The quantitative estimate of drug-likeness (QED) is 0.387. The molecule has 0 atom stereocenters. The molecule has 0 aliphatic rings. The van der Waals surface area contributed by atoms with Crippen molar-refractivity contribution in [2.45, 2.75) is 13.1 Å². The number of aryl methyl sites for hydroxylation is 1. The fourth-order valence-corrected chi connectivity index (χ4v) is 3.76. The second-order valence-corrected chi connectivity index (χ2v) is 7.41. The second-order valence-electron chi connectivity index (χ2n) is 5.94. The van der Waals surface area contributed by atoms with E-state index in [2.05, 4.69) is 15.8 Å². The van der Waals surface area contributed by atoms with Crippen LogP contribution in [0.25, 0.3) is 10.2 Å². The van der Waals surface area contributed by atoms with Crippen LogP contribution in [0.2, 0.25) is 5.02 Å². The monoisotopic (exact) mass is 445 g/mol. The summed E-state index contributed by atoms with van der Waals surface area (Å²) in [4.78, 5) is 22.0. The standard InChI is InChI=1S/C18H15ClF3N3O3S/c1-9-7-10(19)8-11(15(9)28-23-5-6-26)16(27)25-17-24-14-12(18(20,21)22)3-2-4-13(14)29-17/h2-4,7-8,23,26H,5-6H2,1H3,(H,24,25,27). The van der Waals surface area contributed by atoms with Crippen molar-refractivity contribution >= 4 is 44.2 Å². The number of benzene rings is 2. The minimum atomic E-state index is -4.56. The lowest BCUT2D eigenvalue weighted by atomic mass is 10.1. The maximum atomic E-state index is 13.2. The molecule has 0 spiro atoms. The van der Waals surface area contributed by atoms with Crippen LogP contribution in [0.15, 0.2) is 30.3 Å². The highest BCUT2D eigenvalue weighted by molar-refractivity contribution is 7.22. The van der Waals surface area contributed by atoms with Gasteiger partial charge in [0.2, 0.25) is 0 Å². The first-order chi connectivity index (χ1) is 13.7.